The summed E-state index contributed by atoms with van der Waals surface area (Å²) in [6, 6.07) is 0. The zero-order valence-corrected chi connectivity index (χ0v) is 8.14. The zero-order chi connectivity index (χ0) is 8.97. The molecule has 0 radical (unpaired) electrons. The van der Waals surface area contributed by atoms with E-state index in [0.29, 0.717) is 11.5 Å². The van der Waals surface area contributed by atoms with Crippen molar-refractivity contribution in [2.45, 2.75) is 12.2 Å². The maximum Gasteiger partial charge on any atom is 0.324 e. The van der Waals surface area contributed by atoms with Crippen LogP contribution in [0.25, 0.3) is 0 Å². The van der Waals surface area contributed by atoms with Crippen molar-refractivity contribution < 1.29 is 9.53 Å². The van der Waals surface area contributed by atoms with E-state index < -0.39 is 5.25 Å². The number of ether oxygens (including phenoxy) is 1. The molecule has 0 saturated carbocycles. The number of hydrogen-bond acceptors (Lipinski definition) is 6. The maximum atomic E-state index is 11.1. The number of carbonyl (C=O) groups excluding carboxylic acids is 1. The molecular weight excluding hydrogens is 196 g/mol. The molecule has 1 rings (SSSR count). The fourth-order valence-electron chi connectivity index (χ4n) is 0.633. The fraction of sp³-hybridized carbons (Fsp3) is 0.500. The van der Waals surface area contributed by atoms with Gasteiger partial charge >= 0.3 is 5.97 Å². The van der Waals surface area contributed by atoms with Crippen LogP contribution in [0.2, 0.25) is 0 Å². The van der Waals surface area contributed by atoms with E-state index >= 15 is 0 Å². The molecule has 1 aromatic rings. The van der Waals surface area contributed by atoms with Crippen LogP contribution in [0.3, 0.4) is 0 Å². The van der Waals surface area contributed by atoms with Gasteiger partial charge in [0.15, 0.2) is 0 Å². The fourth-order valence-corrected chi connectivity index (χ4v) is 1.39. The monoisotopic (exact) mass is 204 g/mol. The van der Waals surface area contributed by atoms with Gasteiger partial charge in [0.1, 0.15) is 5.25 Å². The molecule has 0 N–H and O–H groups in total. The Labute approximate surface area is 79.5 Å². The lowest BCUT2D eigenvalue weighted by molar-refractivity contribution is -0.142. The van der Waals surface area contributed by atoms with E-state index in [2.05, 4.69) is 22.2 Å². The van der Waals surface area contributed by atoms with Gasteiger partial charge in [-0.1, -0.05) is 4.49 Å². The van der Waals surface area contributed by atoms with Crippen molar-refractivity contribution in [3.63, 3.8) is 0 Å². The van der Waals surface area contributed by atoms with Gasteiger partial charge in [0, 0.05) is 0 Å². The average Bonchev–Trinajstić information content (AvgIpc) is 2.55. The van der Waals surface area contributed by atoms with Crippen molar-refractivity contribution in [2.24, 2.45) is 0 Å². The van der Waals surface area contributed by atoms with Crippen LogP contribution in [0.15, 0.2) is 6.20 Å². The molecule has 0 fully saturated rings. The minimum absolute atomic E-state index is 0.355. The van der Waals surface area contributed by atoms with Crippen LogP contribution >= 0.6 is 24.2 Å². The Bertz CT molecular complexity index is 250. The van der Waals surface area contributed by atoms with Crippen molar-refractivity contribution in [2.75, 3.05) is 6.61 Å². The van der Waals surface area contributed by atoms with Crippen LogP contribution in [0, 0.1) is 0 Å². The Kier molecular flexibility index (Phi) is 3.48. The molecule has 0 saturated heterocycles. The van der Waals surface area contributed by atoms with Crippen molar-refractivity contribution in [1.82, 2.24) is 9.59 Å². The van der Waals surface area contributed by atoms with E-state index in [1.165, 1.54) is 6.20 Å². The second-order valence-electron chi connectivity index (χ2n) is 1.97. The summed E-state index contributed by atoms with van der Waals surface area (Å²) in [5, 5.41) is 3.05. The van der Waals surface area contributed by atoms with Gasteiger partial charge in [0.25, 0.3) is 0 Å². The second-order valence-corrected chi connectivity index (χ2v) is 3.31. The highest BCUT2D eigenvalue weighted by Gasteiger charge is 2.19. The predicted octanol–water partition coefficient (Wildman–Crippen LogP) is 1.07. The first-order valence-corrected chi connectivity index (χ1v) is 4.66. The summed E-state index contributed by atoms with van der Waals surface area (Å²) < 4.78 is 8.38. The molecule has 12 heavy (non-hydrogen) atoms. The van der Waals surface area contributed by atoms with Gasteiger partial charge < -0.3 is 4.74 Å². The lowest BCUT2D eigenvalue weighted by Gasteiger charge is -2.05. The molecule has 1 atom stereocenters. The van der Waals surface area contributed by atoms with E-state index in [9.17, 15) is 4.79 Å². The highest BCUT2D eigenvalue weighted by atomic mass is 32.1. The molecule has 0 aliphatic carbocycles. The lowest BCUT2D eigenvalue weighted by Crippen LogP contribution is -2.09. The molecule has 1 aromatic heterocycles. The summed E-state index contributed by atoms with van der Waals surface area (Å²) in [6.45, 7) is 2.12. The van der Waals surface area contributed by atoms with Crippen molar-refractivity contribution in [3.8, 4) is 0 Å². The third-order valence-electron chi connectivity index (χ3n) is 1.16. The number of esters is 1. The SMILES string of the molecule is CCOC(=O)C(S)c1cnns1. The number of thiol groups is 1. The lowest BCUT2D eigenvalue weighted by atomic mass is 10.4. The van der Waals surface area contributed by atoms with E-state index in [1.807, 2.05) is 0 Å². The first-order valence-electron chi connectivity index (χ1n) is 3.37. The smallest absolute Gasteiger partial charge is 0.324 e. The average molecular weight is 204 g/mol. The van der Waals surface area contributed by atoms with E-state index in [4.69, 9.17) is 4.74 Å². The Balaban J connectivity index is 2.59. The largest absolute Gasteiger partial charge is 0.465 e. The second kappa shape index (κ2) is 4.42. The molecule has 1 unspecified atom stereocenters. The van der Waals surface area contributed by atoms with E-state index in [0.717, 1.165) is 11.5 Å². The predicted molar refractivity (Wildman–Crippen MR) is 48.3 cm³/mol. The minimum atomic E-state index is -0.551. The van der Waals surface area contributed by atoms with Gasteiger partial charge in [-0.3, -0.25) is 4.79 Å². The van der Waals surface area contributed by atoms with Gasteiger partial charge in [0.05, 0.1) is 17.7 Å². The van der Waals surface area contributed by atoms with E-state index in [1.54, 1.807) is 6.92 Å². The van der Waals surface area contributed by atoms with Crippen LogP contribution in [-0.2, 0) is 9.53 Å². The van der Waals surface area contributed by atoms with Crippen LogP contribution in [0.4, 0.5) is 0 Å². The van der Waals surface area contributed by atoms with Gasteiger partial charge in [0.2, 0.25) is 0 Å². The van der Waals surface area contributed by atoms with E-state index in [-0.39, 0.29) is 5.97 Å². The summed E-state index contributed by atoms with van der Waals surface area (Å²) in [5.41, 5.74) is 0. The number of rotatable bonds is 3. The zero-order valence-electron chi connectivity index (χ0n) is 6.43. The summed E-state index contributed by atoms with van der Waals surface area (Å²) in [5.74, 6) is -0.355. The summed E-state index contributed by atoms with van der Waals surface area (Å²) in [6.07, 6.45) is 1.51. The first-order chi connectivity index (χ1) is 5.75. The van der Waals surface area contributed by atoms with Crippen LogP contribution < -0.4 is 0 Å². The Hall–Kier alpha value is -0.620. The molecule has 0 aromatic carbocycles. The molecule has 6 heteroatoms. The number of aromatic nitrogens is 2. The number of hydrogen-bond donors (Lipinski definition) is 1. The van der Waals surface area contributed by atoms with Crippen molar-refractivity contribution in [1.29, 1.82) is 0 Å². The normalized spacial score (nSPS) is 12.5. The molecule has 0 aliphatic heterocycles. The quantitative estimate of drug-likeness (QED) is 0.591. The van der Waals surface area contributed by atoms with Crippen molar-refractivity contribution >= 4 is 30.1 Å². The Morgan fingerprint density at radius 1 is 1.92 bits per heavy atom. The number of carbonyl (C=O) groups is 1. The maximum absolute atomic E-state index is 11.1. The molecule has 0 spiro atoms. The first kappa shape index (κ1) is 9.47. The third kappa shape index (κ3) is 2.18. The summed E-state index contributed by atoms with van der Waals surface area (Å²) in [4.78, 5) is 11.8. The Morgan fingerprint density at radius 2 is 2.67 bits per heavy atom. The molecule has 66 valence electrons. The van der Waals surface area contributed by atoms with Crippen molar-refractivity contribution in [3.05, 3.63) is 11.1 Å². The standard InChI is InChI=1S/C6H8N2O2S2/c1-2-10-6(9)5(11)4-3-7-8-12-4/h3,5,11H,2H2,1H3. The molecular formula is C6H8N2O2S2. The van der Waals surface area contributed by atoms with Gasteiger partial charge in [-0.05, 0) is 18.5 Å². The molecule has 0 amide bonds. The molecule has 0 bridgehead atoms. The highest BCUT2D eigenvalue weighted by Crippen LogP contribution is 2.22. The summed E-state index contributed by atoms with van der Waals surface area (Å²) in [7, 11) is 0. The summed E-state index contributed by atoms with van der Waals surface area (Å²) >= 11 is 5.22. The van der Waals surface area contributed by atoms with Gasteiger partial charge in [-0.2, -0.15) is 12.6 Å². The molecule has 1 heterocycles. The highest BCUT2D eigenvalue weighted by molar-refractivity contribution is 7.81. The molecule has 0 aliphatic rings. The van der Waals surface area contributed by atoms with Crippen LogP contribution in [0.5, 0.6) is 0 Å². The van der Waals surface area contributed by atoms with Gasteiger partial charge in [-0.15, -0.1) is 5.10 Å². The molecule has 4 nitrogen and oxygen atoms in total. The minimum Gasteiger partial charge on any atom is -0.465 e. The van der Waals surface area contributed by atoms with Crippen LogP contribution in [0.1, 0.15) is 17.1 Å². The van der Waals surface area contributed by atoms with Crippen LogP contribution in [-0.4, -0.2) is 22.2 Å². The number of nitrogens with zero attached hydrogens (tertiary/aromatic N) is 2. The van der Waals surface area contributed by atoms with Gasteiger partial charge in [-0.25, -0.2) is 0 Å². The Morgan fingerprint density at radius 3 is 3.17 bits per heavy atom. The topological polar surface area (TPSA) is 52.1 Å². The third-order valence-corrected chi connectivity index (χ3v) is 2.55.